The van der Waals surface area contributed by atoms with Gasteiger partial charge in [-0.25, -0.2) is 4.79 Å². The van der Waals surface area contributed by atoms with Gasteiger partial charge < -0.3 is 23.5 Å². The number of carbonyl (C=O) groups excluding carboxylic acids is 1. The number of hydrogen-bond acceptors (Lipinski definition) is 8. The van der Waals surface area contributed by atoms with Crippen LogP contribution in [0.4, 0.5) is 0 Å². The van der Waals surface area contributed by atoms with E-state index in [1.165, 1.54) is 27.4 Å². The van der Waals surface area contributed by atoms with Crippen LogP contribution >= 0.6 is 0 Å². The number of rotatable bonds is 8. The molecule has 0 aliphatic rings. The molecule has 0 atom stereocenters. The molecule has 0 saturated carbocycles. The van der Waals surface area contributed by atoms with Crippen LogP contribution in [0.1, 0.15) is 37.0 Å². The minimum Gasteiger partial charge on any atom is -0.493 e. The summed E-state index contributed by atoms with van der Waals surface area (Å²) in [5, 5.41) is 3.81. The van der Waals surface area contributed by atoms with Crippen molar-refractivity contribution in [2.45, 2.75) is 26.4 Å². The predicted octanol–water partition coefficient (Wildman–Crippen LogP) is 2.98. The summed E-state index contributed by atoms with van der Waals surface area (Å²) in [6, 6.07) is 3.44. The van der Waals surface area contributed by atoms with E-state index in [1.807, 2.05) is 13.8 Å². The Hall–Kier alpha value is -3.03. The molecule has 1 aromatic heterocycles. The normalized spacial score (nSPS) is 11.0. The predicted molar refractivity (Wildman–Crippen MR) is 93.3 cm³/mol. The lowest BCUT2D eigenvalue weighted by molar-refractivity contribution is -0.139. The van der Waals surface area contributed by atoms with Gasteiger partial charge in [0.2, 0.25) is 5.75 Å². The van der Waals surface area contributed by atoms with Crippen molar-refractivity contribution in [3.05, 3.63) is 35.5 Å². The highest BCUT2D eigenvalue weighted by Crippen LogP contribution is 2.38. The van der Waals surface area contributed by atoms with Crippen molar-refractivity contribution < 1.29 is 28.3 Å². The SMILES string of the molecule is COc1cc(/C=C/C(=O)OCc2nc(C(C)C)no2)cc(OC)c1OC. The van der Waals surface area contributed by atoms with Crippen LogP contribution in [0.2, 0.25) is 0 Å². The lowest BCUT2D eigenvalue weighted by Crippen LogP contribution is -2.01. The van der Waals surface area contributed by atoms with Crippen LogP contribution in [0.3, 0.4) is 0 Å². The second-order valence-electron chi connectivity index (χ2n) is 5.60. The summed E-state index contributed by atoms with van der Waals surface area (Å²) in [6.07, 6.45) is 2.88. The van der Waals surface area contributed by atoms with Crippen LogP contribution < -0.4 is 14.2 Å². The van der Waals surface area contributed by atoms with E-state index in [4.69, 9.17) is 23.5 Å². The van der Waals surface area contributed by atoms with Crippen molar-refractivity contribution in [2.75, 3.05) is 21.3 Å². The van der Waals surface area contributed by atoms with E-state index < -0.39 is 5.97 Å². The molecule has 26 heavy (non-hydrogen) atoms. The Morgan fingerprint density at radius 1 is 1.15 bits per heavy atom. The second-order valence-corrected chi connectivity index (χ2v) is 5.60. The smallest absolute Gasteiger partial charge is 0.331 e. The highest BCUT2D eigenvalue weighted by molar-refractivity contribution is 5.87. The molecular weight excluding hydrogens is 340 g/mol. The Morgan fingerprint density at radius 2 is 1.81 bits per heavy atom. The molecule has 1 aromatic carbocycles. The third-order valence-corrected chi connectivity index (χ3v) is 3.44. The first-order valence-corrected chi connectivity index (χ1v) is 7.95. The summed E-state index contributed by atoms with van der Waals surface area (Å²) in [5.74, 6) is 1.89. The van der Waals surface area contributed by atoms with Crippen molar-refractivity contribution in [3.63, 3.8) is 0 Å². The fourth-order valence-corrected chi connectivity index (χ4v) is 2.10. The molecule has 0 N–H and O–H groups in total. The Morgan fingerprint density at radius 3 is 2.31 bits per heavy atom. The van der Waals surface area contributed by atoms with E-state index in [0.717, 1.165) is 0 Å². The maximum atomic E-state index is 11.9. The van der Waals surface area contributed by atoms with Crippen molar-refractivity contribution in [1.82, 2.24) is 10.1 Å². The maximum Gasteiger partial charge on any atom is 0.331 e. The van der Waals surface area contributed by atoms with Gasteiger partial charge in [0.05, 0.1) is 21.3 Å². The summed E-state index contributed by atoms with van der Waals surface area (Å²) >= 11 is 0. The number of methoxy groups -OCH3 is 3. The zero-order valence-electron chi connectivity index (χ0n) is 15.4. The first-order valence-electron chi connectivity index (χ1n) is 7.95. The van der Waals surface area contributed by atoms with Crippen LogP contribution in [-0.2, 0) is 16.1 Å². The third-order valence-electron chi connectivity index (χ3n) is 3.44. The zero-order valence-corrected chi connectivity index (χ0v) is 15.4. The summed E-state index contributed by atoms with van der Waals surface area (Å²) in [7, 11) is 4.57. The minimum atomic E-state index is -0.539. The Balaban J connectivity index is 2.02. The molecule has 140 valence electrons. The Labute approximate surface area is 151 Å². The topological polar surface area (TPSA) is 92.9 Å². The second kappa shape index (κ2) is 8.89. The first kappa shape index (κ1) is 19.3. The highest BCUT2D eigenvalue weighted by Gasteiger charge is 2.13. The van der Waals surface area contributed by atoms with Gasteiger partial charge in [0.1, 0.15) is 0 Å². The average Bonchev–Trinajstić information content (AvgIpc) is 3.13. The largest absolute Gasteiger partial charge is 0.493 e. The molecular formula is C18H22N2O6. The fraction of sp³-hybridized carbons (Fsp3) is 0.389. The number of aromatic nitrogens is 2. The molecule has 0 unspecified atom stereocenters. The molecule has 0 spiro atoms. The molecule has 2 aromatic rings. The molecule has 0 aliphatic carbocycles. The van der Waals surface area contributed by atoms with Gasteiger partial charge in [-0.3, -0.25) is 0 Å². The molecule has 1 heterocycles. The van der Waals surface area contributed by atoms with E-state index in [0.29, 0.717) is 28.6 Å². The third kappa shape index (κ3) is 4.75. The van der Waals surface area contributed by atoms with Crippen LogP contribution in [0.25, 0.3) is 6.08 Å². The summed E-state index contributed by atoms with van der Waals surface area (Å²) in [5.41, 5.74) is 0.691. The number of benzene rings is 1. The van der Waals surface area contributed by atoms with Gasteiger partial charge in [-0.2, -0.15) is 4.98 Å². The van der Waals surface area contributed by atoms with Gasteiger partial charge in [-0.05, 0) is 23.8 Å². The van der Waals surface area contributed by atoms with Crippen molar-refractivity contribution >= 4 is 12.0 Å². The van der Waals surface area contributed by atoms with E-state index in [-0.39, 0.29) is 18.4 Å². The molecule has 0 fully saturated rings. The lowest BCUT2D eigenvalue weighted by atomic mass is 10.1. The van der Waals surface area contributed by atoms with Crippen molar-refractivity contribution in [3.8, 4) is 17.2 Å². The zero-order chi connectivity index (χ0) is 19.1. The molecule has 0 radical (unpaired) electrons. The Bertz CT molecular complexity index is 757. The molecule has 8 heteroatoms. The maximum absolute atomic E-state index is 11.9. The number of hydrogen-bond donors (Lipinski definition) is 0. The van der Waals surface area contributed by atoms with Crippen molar-refractivity contribution in [1.29, 1.82) is 0 Å². The lowest BCUT2D eigenvalue weighted by Gasteiger charge is -2.12. The first-order chi connectivity index (χ1) is 12.5. The quantitative estimate of drug-likeness (QED) is 0.523. The molecule has 8 nitrogen and oxygen atoms in total. The fourth-order valence-electron chi connectivity index (χ4n) is 2.10. The molecule has 0 amide bonds. The monoisotopic (exact) mass is 362 g/mol. The molecule has 0 saturated heterocycles. The van der Waals surface area contributed by atoms with Gasteiger partial charge >= 0.3 is 5.97 Å². The van der Waals surface area contributed by atoms with Crippen LogP contribution in [0.15, 0.2) is 22.7 Å². The number of nitrogens with zero attached hydrogens (tertiary/aromatic N) is 2. The number of carbonyl (C=O) groups is 1. The van der Waals surface area contributed by atoms with Crippen molar-refractivity contribution in [2.24, 2.45) is 0 Å². The van der Waals surface area contributed by atoms with Crippen LogP contribution in [-0.4, -0.2) is 37.4 Å². The van der Waals surface area contributed by atoms with Crippen LogP contribution in [0.5, 0.6) is 17.2 Å². The standard InChI is InChI=1S/C18H22N2O6/c1-11(2)18-19-15(26-20-18)10-25-16(21)7-6-12-8-13(22-3)17(24-5)14(9-12)23-4/h6-9,11H,10H2,1-5H3/b7-6+. The van der Waals surface area contributed by atoms with Gasteiger partial charge in [-0.1, -0.05) is 19.0 Å². The molecule has 0 bridgehead atoms. The van der Waals surface area contributed by atoms with Gasteiger partial charge in [-0.15, -0.1) is 0 Å². The van der Waals surface area contributed by atoms with Gasteiger partial charge in [0, 0.05) is 12.0 Å². The van der Waals surface area contributed by atoms with E-state index in [1.54, 1.807) is 18.2 Å². The summed E-state index contributed by atoms with van der Waals surface area (Å²) < 4.78 is 25.9. The summed E-state index contributed by atoms with van der Waals surface area (Å²) in [6.45, 7) is 3.81. The number of ether oxygens (including phenoxy) is 4. The number of esters is 1. The highest BCUT2D eigenvalue weighted by atomic mass is 16.6. The molecule has 2 rings (SSSR count). The van der Waals surface area contributed by atoms with Crippen LogP contribution in [0, 0.1) is 0 Å². The van der Waals surface area contributed by atoms with E-state index in [2.05, 4.69) is 10.1 Å². The average molecular weight is 362 g/mol. The minimum absolute atomic E-state index is 0.0852. The van der Waals surface area contributed by atoms with E-state index >= 15 is 0 Å². The Kier molecular flexibility index (Phi) is 6.60. The van der Waals surface area contributed by atoms with Gasteiger partial charge in [0.15, 0.2) is 23.9 Å². The summed E-state index contributed by atoms with van der Waals surface area (Å²) in [4.78, 5) is 16.0. The molecule has 0 aliphatic heterocycles. The van der Waals surface area contributed by atoms with Gasteiger partial charge in [0.25, 0.3) is 5.89 Å². The van der Waals surface area contributed by atoms with E-state index in [9.17, 15) is 4.79 Å².